The molecule has 0 saturated carbocycles. The maximum atomic E-state index is 12.4. The van der Waals surface area contributed by atoms with Crippen molar-refractivity contribution in [2.75, 3.05) is 12.4 Å². The topological polar surface area (TPSA) is 30.5 Å². The molecule has 0 amide bonds. The Labute approximate surface area is 125 Å². The third kappa shape index (κ3) is 5.78. The molecule has 0 saturated heterocycles. The van der Waals surface area contributed by atoms with E-state index in [-0.39, 0.29) is 5.75 Å². The van der Waals surface area contributed by atoms with Crippen LogP contribution in [0.3, 0.4) is 0 Å². The molecule has 0 radical (unpaired) electrons. The van der Waals surface area contributed by atoms with Crippen LogP contribution in [0.1, 0.15) is 40.0 Å². The van der Waals surface area contributed by atoms with Crippen molar-refractivity contribution < 1.29 is 18.3 Å². The first-order valence-electron chi connectivity index (χ1n) is 7.39. The molecule has 0 aromatic heterocycles. The highest BCUT2D eigenvalue weighted by molar-refractivity contribution is 5.55. The van der Waals surface area contributed by atoms with Crippen molar-refractivity contribution in [3.05, 3.63) is 18.2 Å². The molecule has 0 spiro atoms. The molecule has 5 heteroatoms. The molecule has 1 rings (SSSR count). The van der Waals surface area contributed by atoms with Gasteiger partial charge in [-0.05, 0) is 30.9 Å². The van der Waals surface area contributed by atoms with E-state index in [9.17, 15) is 8.78 Å². The average Bonchev–Trinajstić information content (AvgIpc) is 2.46. The van der Waals surface area contributed by atoms with Crippen molar-refractivity contribution in [1.82, 2.24) is 0 Å². The molecule has 21 heavy (non-hydrogen) atoms. The molecule has 2 atom stereocenters. The lowest BCUT2D eigenvalue weighted by atomic mass is 9.97. The molecule has 0 aliphatic carbocycles. The van der Waals surface area contributed by atoms with E-state index >= 15 is 0 Å². The van der Waals surface area contributed by atoms with E-state index in [0.717, 1.165) is 24.9 Å². The number of methoxy groups -OCH3 is 1. The average molecular weight is 301 g/mol. The van der Waals surface area contributed by atoms with Crippen LogP contribution in [0.15, 0.2) is 18.2 Å². The highest BCUT2D eigenvalue weighted by atomic mass is 19.3. The van der Waals surface area contributed by atoms with Gasteiger partial charge in [0.1, 0.15) is 0 Å². The second kappa shape index (κ2) is 8.70. The maximum absolute atomic E-state index is 12.4. The van der Waals surface area contributed by atoms with Gasteiger partial charge in [-0.15, -0.1) is 0 Å². The number of alkyl halides is 2. The van der Waals surface area contributed by atoms with Gasteiger partial charge >= 0.3 is 6.61 Å². The van der Waals surface area contributed by atoms with Gasteiger partial charge < -0.3 is 14.8 Å². The molecule has 0 fully saturated rings. The van der Waals surface area contributed by atoms with Gasteiger partial charge in [0.05, 0.1) is 7.11 Å². The number of benzene rings is 1. The predicted octanol–water partition coefficient (Wildman–Crippen LogP) is 4.92. The first-order valence-corrected chi connectivity index (χ1v) is 7.39. The number of rotatable bonds is 9. The molecule has 0 heterocycles. The van der Waals surface area contributed by atoms with Crippen LogP contribution >= 0.6 is 0 Å². The minimum atomic E-state index is -2.86. The monoisotopic (exact) mass is 301 g/mol. The first kappa shape index (κ1) is 17.5. The van der Waals surface area contributed by atoms with E-state index in [1.165, 1.54) is 7.11 Å². The van der Waals surface area contributed by atoms with Gasteiger partial charge in [-0.25, -0.2) is 0 Å². The number of halogens is 2. The summed E-state index contributed by atoms with van der Waals surface area (Å²) in [6.07, 6.45) is 3.14. The third-order valence-corrected chi connectivity index (χ3v) is 3.63. The minimum Gasteiger partial charge on any atom is -0.493 e. The van der Waals surface area contributed by atoms with Gasteiger partial charge in [0.25, 0.3) is 0 Å². The number of nitrogens with one attached hydrogen (secondary N) is 1. The van der Waals surface area contributed by atoms with E-state index in [4.69, 9.17) is 4.74 Å². The second-order valence-electron chi connectivity index (χ2n) is 5.24. The van der Waals surface area contributed by atoms with E-state index < -0.39 is 6.61 Å². The Balaban J connectivity index is 2.82. The normalized spacial score (nSPS) is 13.9. The van der Waals surface area contributed by atoms with Crippen LogP contribution < -0.4 is 14.8 Å². The Hall–Kier alpha value is -1.52. The Bertz CT molecular complexity index is 427. The van der Waals surface area contributed by atoms with Gasteiger partial charge in [-0.1, -0.05) is 27.2 Å². The number of anilines is 1. The van der Waals surface area contributed by atoms with E-state index in [1.807, 2.05) is 6.07 Å². The van der Waals surface area contributed by atoms with Crippen LogP contribution in [0.25, 0.3) is 0 Å². The minimum absolute atomic E-state index is 0.0518. The zero-order valence-corrected chi connectivity index (χ0v) is 13.2. The molecular formula is C16H25F2NO2. The Morgan fingerprint density at radius 2 is 1.86 bits per heavy atom. The highest BCUT2D eigenvalue weighted by Crippen LogP contribution is 2.32. The van der Waals surface area contributed by atoms with E-state index in [0.29, 0.717) is 17.7 Å². The Morgan fingerprint density at radius 1 is 1.14 bits per heavy atom. The molecule has 0 aliphatic rings. The largest absolute Gasteiger partial charge is 0.493 e. The molecule has 0 aliphatic heterocycles. The van der Waals surface area contributed by atoms with Crippen molar-refractivity contribution in [1.29, 1.82) is 0 Å². The van der Waals surface area contributed by atoms with Gasteiger partial charge in [0.15, 0.2) is 11.5 Å². The molecule has 3 nitrogen and oxygen atoms in total. The fourth-order valence-electron chi connectivity index (χ4n) is 2.17. The maximum Gasteiger partial charge on any atom is 0.387 e. The van der Waals surface area contributed by atoms with E-state index in [1.54, 1.807) is 12.1 Å². The van der Waals surface area contributed by atoms with Crippen LogP contribution in [0.2, 0.25) is 0 Å². The summed E-state index contributed by atoms with van der Waals surface area (Å²) in [5, 5.41) is 3.38. The zero-order chi connectivity index (χ0) is 15.8. The lowest BCUT2D eigenvalue weighted by Gasteiger charge is -2.22. The van der Waals surface area contributed by atoms with Crippen LogP contribution in [-0.2, 0) is 0 Å². The van der Waals surface area contributed by atoms with Crippen LogP contribution in [0, 0.1) is 5.92 Å². The Morgan fingerprint density at radius 3 is 2.38 bits per heavy atom. The van der Waals surface area contributed by atoms with Gasteiger partial charge in [0, 0.05) is 17.8 Å². The summed E-state index contributed by atoms with van der Waals surface area (Å²) in [4.78, 5) is 0. The smallest absolute Gasteiger partial charge is 0.387 e. The number of ether oxygens (including phenoxy) is 2. The van der Waals surface area contributed by atoms with Gasteiger partial charge in [-0.2, -0.15) is 8.78 Å². The van der Waals surface area contributed by atoms with Crippen molar-refractivity contribution in [2.45, 2.75) is 52.7 Å². The lowest BCUT2D eigenvalue weighted by molar-refractivity contribution is -0.0511. The quantitative estimate of drug-likeness (QED) is 0.702. The van der Waals surface area contributed by atoms with Gasteiger partial charge in [-0.3, -0.25) is 0 Å². The van der Waals surface area contributed by atoms with Crippen molar-refractivity contribution in [2.24, 2.45) is 5.92 Å². The summed E-state index contributed by atoms with van der Waals surface area (Å²) < 4.78 is 34.4. The zero-order valence-electron chi connectivity index (χ0n) is 13.2. The van der Waals surface area contributed by atoms with Gasteiger partial charge in [0.2, 0.25) is 0 Å². The van der Waals surface area contributed by atoms with Crippen LogP contribution in [0.4, 0.5) is 14.5 Å². The summed E-state index contributed by atoms with van der Waals surface area (Å²) in [6.45, 7) is 3.62. The van der Waals surface area contributed by atoms with E-state index in [2.05, 4.69) is 30.8 Å². The number of hydrogen-bond donors (Lipinski definition) is 1. The summed E-state index contributed by atoms with van der Waals surface area (Å²) >= 11 is 0. The summed E-state index contributed by atoms with van der Waals surface area (Å²) in [5.74, 6) is 0.976. The standard InChI is InChI=1S/C16H25F2NO2/c1-5-11(3)9-12(6-2)19-13-7-8-14(20-4)15(10-13)21-16(17)18/h7-8,10-12,16,19H,5-6,9H2,1-4H3. The summed E-state index contributed by atoms with van der Waals surface area (Å²) in [5.41, 5.74) is 0.765. The second-order valence-corrected chi connectivity index (χ2v) is 5.24. The molecule has 0 bridgehead atoms. The van der Waals surface area contributed by atoms with Crippen LogP contribution in [-0.4, -0.2) is 19.8 Å². The molecule has 1 aromatic carbocycles. The SMILES string of the molecule is CCC(C)CC(CC)Nc1ccc(OC)c(OC(F)F)c1. The molecule has 2 unspecified atom stereocenters. The fourth-order valence-corrected chi connectivity index (χ4v) is 2.17. The molecule has 1 aromatic rings. The summed E-state index contributed by atoms with van der Waals surface area (Å²) in [6, 6.07) is 5.32. The lowest BCUT2D eigenvalue weighted by Crippen LogP contribution is -2.21. The first-order chi connectivity index (χ1) is 9.99. The fraction of sp³-hybridized carbons (Fsp3) is 0.625. The molecule has 1 N–H and O–H groups in total. The predicted molar refractivity (Wildman–Crippen MR) is 81.4 cm³/mol. The molecular weight excluding hydrogens is 276 g/mol. The summed E-state index contributed by atoms with van der Waals surface area (Å²) in [7, 11) is 1.43. The van der Waals surface area contributed by atoms with Crippen molar-refractivity contribution >= 4 is 5.69 Å². The number of hydrogen-bond acceptors (Lipinski definition) is 3. The third-order valence-electron chi connectivity index (χ3n) is 3.63. The highest BCUT2D eigenvalue weighted by Gasteiger charge is 2.14. The molecule has 120 valence electrons. The van der Waals surface area contributed by atoms with Crippen molar-refractivity contribution in [3.63, 3.8) is 0 Å². The Kier molecular flexibility index (Phi) is 7.26. The van der Waals surface area contributed by atoms with Crippen LogP contribution in [0.5, 0.6) is 11.5 Å². The van der Waals surface area contributed by atoms with Crippen molar-refractivity contribution in [3.8, 4) is 11.5 Å².